The minimum absolute atomic E-state index is 0.0169. The lowest BCUT2D eigenvalue weighted by atomic mass is 9.33. The maximum atomic E-state index is 12.3. The maximum Gasteiger partial charge on any atom is 0.307 e. The molecule has 0 aromatic rings. The highest BCUT2D eigenvalue weighted by Crippen LogP contribution is 2.75. The van der Waals surface area contributed by atoms with Gasteiger partial charge < -0.3 is 10.2 Å². The Balaban J connectivity index is 1.59. The second-order valence-electron chi connectivity index (χ2n) is 14.6. The van der Waals surface area contributed by atoms with Crippen LogP contribution < -0.4 is 0 Å². The molecule has 0 aromatic carbocycles. The van der Waals surface area contributed by atoms with Crippen LogP contribution in [0.4, 0.5) is 0 Å². The van der Waals surface area contributed by atoms with E-state index in [1.54, 1.807) is 5.57 Å². The number of hydrogen-bond donors (Lipinski definition) is 2. The molecule has 0 aromatic heterocycles. The molecule has 4 fully saturated rings. The van der Waals surface area contributed by atoms with Crippen LogP contribution in [0.5, 0.6) is 0 Å². The minimum atomic E-state index is -0.575. The fourth-order valence-corrected chi connectivity index (χ4v) is 11.1. The van der Waals surface area contributed by atoms with E-state index >= 15 is 0 Å². The molecule has 0 bridgehead atoms. The molecule has 0 radical (unpaired) electrons. The lowest BCUT2D eigenvalue weighted by molar-refractivity contribution is -0.205. The Bertz CT molecular complexity index is 874. The first-order valence-electron chi connectivity index (χ1n) is 13.8. The zero-order valence-electron chi connectivity index (χ0n) is 22.2. The first kappa shape index (κ1) is 23.9. The van der Waals surface area contributed by atoms with Gasteiger partial charge in [0.15, 0.2) is 0 Å². The van der Waals surface area contributed by atoms with E-state index in [-0.39, 0.29) is 39.1 Å². The molecule has 5 aliphatic carbocycles. The molecule has 3 heteroatoms. The van der Waals surface area contributed by atoms with Gasteiger partial charge >= 0.3 is 5.97 Å². The van der Waals surface area contributed by atoms with E-state index in [9.17, 15) is 15.0 Å². The molecule has 3 nitrogen and oxygen atoms in total. The van der Waals surface area contributed by atoms with Gasteiger partial charge in [0, 0.05) is 0 Å². The average molecular weight is 457 g/mol. The SMILES string of the molecule is CC1CCC(C(=O)O)C2(C)CCC3(C)C(=CCC4C5(C)CCC(O)C(C)(C)C5CCC43C)C12. The van der Waals surface area contributed by atoms with Crippen LogP contribution in [0.25, 0.3) is 0 Å². The number of hydrogen-bond acceptors (Lipinski definition) is 2. The molecular formula is C30H48O3. The third-order valence-corrected chi connectivity index (χ3v) is 13.3. The Morgan fingerprint density at radius 3 is 2.24 bits per heavy atom. The summed E-state index contributed by atoms with van der Waals surface area (Å²) in [4.78, 5) is 12.3. The summed E-state index contributed by atoms with van der Waals surface area (Å²) in [6.45, 7) is 17.1. The Labute approximate surface area is 201 Å². The standard InChI is InChI=1S/C30H48O3/c1-18-8-9-20(25(32)33)27(4)16-17-29(6)19(24(18)27)10-11-22-28(5)14-13-23(31)26(2,3)21(28)12-15-30(22,29)7/h10,18,20-24,31H,8-9,11-17H2,1-7H3,(H,32,33). The summed E-state index contributed by atoms with van der Waals surface area (Å²) in [6, 6.07) is 0. The Morgan fingerprint density at radius 2 is 1.58 bits per heavy atom. The molecule has 5 aliphatic rings. The summed E-state index contributed by atoms with van der Waals surface area (Å²) in [5, 5.41) is 21.0. The number of carboxylic acid groups (broad SMARTS) is 1. The van der Waals surface area contributed by atoms with Crippen molar-refractivity contribution >= 4 is 5.97 Å². The van der Waals surface area contributed by atoms with Gasteiger partial charge in [0.2, 0.25) is 0 Å². The molecule has 5 rings (SSSR count). The highest BCUT2D eigenvalue weighted by molar-refractivity contribution is 5.71. The number of carbonyl (C=O) groups is 1. The van der Waals surface area contributed by atoms with Crippen LogP contribution >= 0.6 is 0 Å². The summed E-state index contributed by atoms with van der Waals surface area (Å²) < 4.78 is 0. The Hall–Kier alpha value is -0.830. The van der Waals surface area contributed by atoms with Crippen LogP contribution in [-0.4, -0.2) is 22.3 Å². The second kappa shape index (κ2) is 7.11. The number of rotatable bonds is 1. The molecule has 186 valence electrons. The molecule has 4 saturated carbocycles. The highest BCUT2D eigenvalue weighted by atomic mass is 16.4. The van der Waals surface area contributed by atoms with Crippen molar-refractivity contribution in [2.75, 3.05) is 0 Å². The summed E-state index contributed by atoms with van der Waals surface area (Å²) in [5.41, 5.74) is 2.17. The van der Waals surface area contributed by atoms with Crippen LogP contribution in [0.15, 0.2) is 11.6 Å². The van der Waals surface area contributed by atoms with Gasteiger partial charge in [-0.15, -0.1) is 0 Å². The summed E-state index contributed by atoms with van der Waals surface area (Å²) in [5.74, 6) is 1.40. The van der Waals surface area contributed by atoms with Crippen molar-refractivity contribution in [1.29, 1.82) is 0 Å². The predicted octanol–water partition coefficient (Wildman–Crippen LogP) is 7.09. The molecule has 0 amide bonds. The molecule has 0 aliphatic heterocycles. The number of carboxylic acids is 1. The van der Waals surface area contributed by atoms with E-state index in [1.165, 1.54) is 12.8 Å². The first-order chi connectivity index (χ1) is 15.2. The minimum Gasteiger partial charge on any atom is -0.481 e. The maximum absolute atomic E-state index is 12.3. The third kappa shape index (κ3) is 2.81. The van der Waals surface area contributed by atoms with E-state index in [1.807, 2.05) is 0 Å². The molecule has 0 saturated heterocycles. The summed E-state index contributed by atoms with van der Waals surface area (Å²) >= 11 is 0. The van der Waals surface area contributed by atoms with Gasteiger partial charge in [-0.1, -0.05) is 60.1 Å². The lowest BCUT2D eigenvalue weighted by Crippen LogP contribution is -2.65. The van der Waals surface area contributed by atoms with Gasteiger partial charge in [-0.2, -0.15) is 0 Å². The number of fused-ring (bicyclic) bond motifs is 7. The van der Waals surface area contributed by atoms with E-state index in [2.05, 4.69) is 54.5 Å². The molecule has 0 spiro atoms. The fourth-order valence-electron chi connectivity index (χ4n) is 11.1. The van der Waals surface area contributed by atoms with E-state index < -0.39 is 5.97 Å². The van der Waals surface area contributed by atoms with Gasteiger partial charge in [0.1, 0.15) is 0 Å². The van der Waals surface area contributed by atoms with Crippen LogP contribution in [0.3, 0.4) is 0 Å². The molecule has 10 unspecified atom stereocenters. The molecule has 10 atom stereocenters. The largest absolute Gasteiger partial charge is 0.481 e. The number of aliphatic hydroxyl groups is 1. The van der Waals surface area contributed by atoms with Crippen molar-refractivity contribution in [3.8, 4) is 0 Å². The number of allylic oxidation sites excluding steroid dienone is 2. The summed E-state index contributed by atoms with van der Waals surface area (Å²) in [7, 11) is 0. The number of aliphatic carboxylic acids is 1. The lowest BCUT2D eigenvalue weighted by Gasteiger charge is -2.71. The van der Waals surface area contributed by atoms with Crippen molar-refractivity contribution in [2.24, 2.45) is 56.7 Å². The predicted molar refractivity (Wildman–Crippen MR) is 133 cm³/mol. The zero-order valence-corrected chi connectivity index (χ0v) is 22.2. The molecule has 33 heavy (non-hydrogen) atoms. The topological polar surface area (TPSA) is 57.5 Å². The molecular weight excluding hydrogens is 408 g/mol. The van der Waals surface area contributed by atoms with E-state index in [4.69, 9.17) is 0 Å². The van der Waals surface area contributed by atoms with E-state index in [0.717, 1.165) is 44.9 Å². The quantitative estimate of drug-likeness (QED) is 0.414. The van der Waals surface area contributed by atoms with Gasteiger partial charge in [0.05, 0.1) is 12.0 Å². The van der Waals surface area contributed by atoms with Crippen molar-refractivity contribution in [3.05, 3.63) is 11.6 Å². The monoisotopic (exact) mass is 456 g/mol. The van der Waals surface area contributed by atoms with Crippen molar-refractivity contribution in [3.63, 3.8) is 0 Å². The molecule has 0 heterocycles. The van der Waals surface area contributed by atoms with Gasteiger partial charge in [-0.3, -0.25) is 4.79 Å². The highest BCUT2D eigenvalue weighted by Gasteiger charge is 2.68. The number of aliphatic hydroxyl groups excluding tert-OH is 1. The van der Waals surface area contributed by atoms with Crippen LogP contribution in [0, 0.1) is 56.7 Å². The second-order valence-corrected chi connectivity index (χ2v) is 14.6. The molecule has 2 N–H and O–H groups in total. The summed E-state index contributed by atoms with van der Waals surface area (Å²) in [6.07, 6.45) is 12.1. The van der Waals surface area contributed by atoms with Gasteiger partial charge in [-0.25, -0.2) is 0 Å². The van der Waals surface area contributed by atoms with Gasteiger partial charge in [-0.05, 0) is 109 Å². The first-order valence-corrected chi connectivity index (χ1v) is 13.8. The van der Waals surface area contributed by atoms with Crippen molar-refractivity contribution in [2.45, 2.75) is 112 Å². The smallest absolute Gasteiger partial charge is 0.307 e. The third-order valence-electron chi connectivity index (χ3n) is 13.3. The van der Waals surface area contributed by atoms with Crippen molar-refractivity contribution < 1.29 is 15.0 Å². The zero-order chi connectivity index (χ0) is 24.2. The Morgan fingerprint density at radius 1 is 0.879 bits per heavy atom. The van der Waals surface area contributed by atoms with Crippen molar-refractivity contribution in [1.82, 2.24) is 0 Å². The normalized spacial score (nSPS) is 55.3. The van der Waals surface area contributed by atoms with E-state index in [0.29, 0.717) is 23.7 Å². The fraction of sp³-hybridized carbons (Fsp3) is 0.900. The van der Waals surface area contributed by atoms with Crippen LogP contribution in [0.1, 0.15) is 106 Å². The average Bonchev–Trinajstić information content (AvgIpc) is 2.71. The Kier molecular flexibility index (Phi) is 5.15. The van der Waals surface area contributed by atoms with Gasteiger partial charge in [0.25, 0.3) is 0 Å². The van der Waals surface area contributed by atoms with Crippen LogP contribution in [-0.2, 0) is 4.79 Å². The van der Waals surface area contributed by atoms with Crippen LogP contribution in [0.2, 0.25) is 0 Å².